The van der Waals surface area contributed by atoms with Gasteiger partial charge in [-0.2, -0.15) is 0 Å². The molecule has 2 aromatic heterocycles. The lowest BCUT2D eigenvalue weighted by atomic mass is 10.2. The van der Waals surface area contributed by atoms with Crippen LogP contribution in [0.5, 0.6) is 0 Å². The highest BCUT2D eigenvalue weighted by atomic mass is 35.5. The summed E-state index contributed by atoms with van der Waals surface area (Å²) in [5.74, 6) is 0.767. The van der Waals surface area contributed by atoms with E-state index < -0.39 is 0 Å². The topological polar surface area (TPSA) is 46.3 Å². The number of rotatable bonds is 4. The molecule has 19 heavy (non-hydrogen) atoms. The van der Waals surface area contributed by atoms with Crippen molar-refractivity contribution in [2.24, 2.45) is 0 Å². The predicted octanol–water partition coefficient (Wildman–Crippen LogP) is 3.13. The standard InChI is InChI=1S/C14H13ClN2O2/c15-13-8-10(5-6-16-13)14(18)17(11-3-4-11)9-12-2-1-7-19-12/h1-2,5-8,11H,3-4,9H2. The Bertz CT molecular complexity index is 579. The normalized spacial score (nSPS) is 14.4. The Morgan fingerprint density at radius 1 is 1.47 bits per heavy atom. The third-order valence-electron chi connectivity index (χ3n) is 3.13. The molecule has 4 nitrogen and oxygen atoms in total. The molecular weight excluding hydrogens is 264 g/mol. The zero-order chi connectivity index (χ0) is 13.2. The second-order valence-electron chi connectivity index (χ2n) is 4.61. The Balaban J connectivity index is 1.82. The number of halogens is 1. The van der Waals surface area contributed by atoms with Gasteiger partial charge in [-0.05, 0) is 37.1 Å². The lowest BCUT2D eigenvalue weighted by molar-refractivity contribution is 0.0717. The van der Waals surface area contributed by atoms with Gasteiger partial charge in [-0.25, -0.2) is 4.98 Å². The molecule has 3 rings (SSSR count). The number of hydrogen-bond donors (Lipinski definition) is 0. The maximum Gasteiger partial charge on any atom is 0.254 e. The van der Waals surface area contributed by atoms with Gasteiger partial charge in [0, 0.05) is 17.8 Å². The zero-order valence-electron chi connectivity index (χ0n) is 10.3. The van der Waals surface area contributed by atoms with Crippen LogP contribution < -0.4 is 0 Å². The van der Waals surface area contributed by atoms with E-state index in [-0.39, 0.29) is 5.91 Å². The van der Waals surface area contributed by atoms with Crippen LogP contribution in [0, 0.1) is 0 Å². The van der Waals surface area contributed by atoms with Crippen molar-refractivity contribution in [3.05, 3.63) is 53.2 Å². The summed E-state index contributed by atoms with van der Waals surface area (Å²) in [5.41, 5.74) is 0.568. The number of nitrogens with zero attached hydrogens (tertiary/aromatic N) is 2. The molecule has 1 aliphatic carbocycles. The van der Waals surface area contributed by atoms with Crippen molar-refractivity contribution in [2.45, 2.75) is 25.4 Å². The van der Waals surface area contributed by atoms with E-state index in [1.807, 2.05) is 17.0 Å². The van der Waals surface area contributed by atoms with Crippen molar-refractivity contribution in [3.63, 3.8) is 0 Å². The number of pyridine rings is 1. The first-order chi connectivity index (χ1) is 9.24. The molecule has 0 saturated heterocycles. The average Bonchev–Trinajstić information content (AvgIpc) is 3.12. The number of amides is 1. The molecule has 1 saturated carbocycles. The predicted molar refractivity (Wildman–Crippen MR) is 70.9 cm³/mol. The van der Waals surface area contributed by atoms with Crippen molar-refractivity contribution in [1.82, 2.24) is 9.88 Å². The number of carbonyl (C=O) groups excluding carboxylic acids is 1. The number of hydrogen-bond acceptors (Lipinski definition) is 3. The number of carbonyl (C=O) groups is 1. The van der Waals surface area contributed by atoms with E-state index in [0.717, 1.165) is 18.6 Å². The van der Waals surface area contributed by atoms with Gasteiger partial charge in [-0.15, -0.1) is 0 Å². The van der Waals surface area contributed by atoms with Gasteiger partial charge in [0.15, 0.2) is 0 Å². The fourth-order valence-corrected chi connectivity index (χ4v) is 2.20. The Morgan fingerprint density at radius 3 is 2.95 bits per heavy atom. The number of aromatic nitrogens is 1. The third kappa shape index (κ3) is 2.79. The van der Waals surface area contributed by atoms with Crippen molar-refractivity contribution < 1.29 is 9.21 Å². The van der Waals surface area contributed by atoms with Gasteiger partial charge in [0.1, 0.15) is 10.9 Å². The Hall–Kier alpha value is -1.81. The van der Waals surface area contributed by atoms with Gasteiger partial charge >= 0.3 is 0 Å². The molecular formula is C14H13ClN2O2. The van der Waals surface area contributed by atoms with Crippen molar-refractivity contribution in [3.8, 4) is 0 Å². The fourth-order valence-electron chi connectivity index (χ4n) is 2.02. The van der Waals surface area contributed by atoms with Crippen LogP contribution in [-0.4, -0.2) is 21.8 Å². The summed E-state index contributed by atoms with van der Waals surface area (Å²) in [4.78, 5) is 18.2. The minimum absolute atomic E-state index is 0.0248. The summed E-state index contributed by atoms with van der Waals surface area (Å²) in [6.45, 7) is 0.496. The number of furan rings is 1. The molecule has 98 valence electrons. The largest absolute Gasteiger partial charge is 0.467 e. The third-order valence-corrected chi connectivity index (χ3v) is 3.34. The quantitative estimate of drug-likeness (QED) is 0.806. The zero-order valence-corrected chi connectivity index (χ0v) is 11.0. The molecule has 5 heteroatoms. The highest BCUT2D eigenvalue weighted by Gasteiger charge is 2.33. The van der Waals surface area contributed by atoms with Gasteiger partial charge in [-0.3, -0.25) is 4.79 Å². The van der Waals surface area contributed by atoms with Gasteiger partial charge in [0.2, 0.25) is 0 Å². The molecule has 0 aliphatic heterocycles. The van der Waals surface area contributed by atoms with Crippen LogP contribution in [0.3, 0.4) is 0 Å². The Labute approximate surface area is 116 Å². The molecule has 0 radical (unpaired) electrons. The van der Waals surface area contributed by atoms with Gasteiger partial charge in [0.25, 0.3) is 5.91 Å². The van der Waals surface area contributed by atoms with Crippen LogP contribution in [-0.2, 0) is 6.54 Å². The second kappa shape index (κ2) is 5.05. The molecule has 2 aromatic rings. The van der Waals surface area contributed by atoms with Crippen LogP contribution in [0.1, 0.15) is 29.0 Å². The molecule has 0 atom stereocenters. The molecule has 0 N–H and O–H groups in total. The SMILES string of the molecule is O=C(c1ccnc(Cl)c1)N(Cc1ccco1)C1CC1. The monoisotopic (exact) mass is 276 g/mol. The maximum atomic E-state index is 12.5. The lowest BCUT2D eigenvalue weighted by Gasteiger charge is -2.21. The first kappa shape index (κ1) is 12.2. The van der Waals surface area contributed by atoms with Gasteiger partial charge < -0.3 is 9.32 Å². The van der Waals surface area contributed by atoms with E-state index in [2.05, 4.69) is 4.98 Å². The smallest absolute Gasteiger partial charge is 0.254 e. The van der Waals surface area contributed by atoms with E-state index in [9.17, 15) is 4.79 Å². The molecule has 1 aliphatic rings. The highest BCUT2D eigenvalue weighted by Crippen LogP contribution is 2.30. The van der Waals surface area contributed by atoms with Crippen LogP contribution in [0.2, 0.25) is 5.15 Å². The van der Waals surface area contributed by atoms with Gasteiger partial charge in [0.05, 0.1) is 12.8 Å². The molecule has 0 unspecified atom stereocenters. The lowest BCUT2D eigenvalue weighted by Crippen LogP contribution is -2.32. The molecule has 1 fully saturated rings. The van der Waals surface area contributed by atoms with E-state index in [4.69, 9.17) is 16.0 Å². The molecule has 2 heterocycles. The van der Waals surface area contributed by atoms with Gasteiger partial charge in [-0.1, -0.05) is 11.6 Å². The molecule has 0 bridgehead atoms. The first-order valence-electron chi connectivity index (χ1n) is 6.19. The summed E-state index contributed by atoms with van der Waals surface area (Å²) in [7, 11) is 0. The van der Waals surface area contributed by atoms with E-state index in [1.165, 1.54) is 0 Å². The van der Waals surface area contributed by atoms with E-state index in [1.54, 1.807) is 24.6 Å². The summed E-state index contributed by atoms with van der Waals surface area (Å²) in [5, 5.41) is 0.333. The summed E-state index contributed by atoms with van der Waals surface area (Å²) in [6.07, 6.45) is 5.26. The summed E-state index contributed by atoms with van der Waals surface area (Å²) < 4.78 is 5.32. The van der Waals surface area contributed by atoms with Crippen LogP contribution in [0.15, 0.2) is 41.1 Å². The summed E-state index contributed by atoms with van der Waals surface area (Å²) >= 11 is 5.83. The summed E-state index contributed by atoms with van der Waals surface area (Å²) in [6, 6.07) is 7.30. The molecule has 1 amide bonds. The van der Waals surface area contributed by atoms with Crippen molar-refractivity contribution in [2.75, 3.05) is 0 Å². The fraction of sp³-hybridized carbons (Fsp3) is 0.286. The van der Waals surface area contributed by atoms with E-state index in [0.29, 0.717) is 23.3 Å². The Morgan fingerprint density at radius 2 is 2.32 bits per heavy atom. The maximum absolute atomic E-state index is 12.5. The molecule has 0 aromatic carbocycles. The first-order valence-corrected chi connectivity index (χ1v) is 6.57. The van der Waals surface area contributed by atoms with Crippen LogP contribution >= 0.6 is 11.6 Å². The Kier molecular flexibility index (Phi) is 3.25. The van der Waals surface area contributed by atoms with Crippen LogP contribution in [0.25, 0.3) is 0 Å². The van der Waals surface area contributed by atoms with E-state index >= 15 is 0 Å². The highest BCUT2D eigenvalue weighted by molar-refractivity contribution is 6.29. The van der Waals surface area contributed by atoms with Crippen LogP contribution in [0.4, 0.5) is 0 Å². The molecule has 0 spiro atoms. The minimum Gasteiger partial charge on any atom is -0.467 e. The average molecular weight is 277 g/mol. The van der Waals surface area contributed by atoms with Crippen molar-refractivity contribution >= 4 is 17.5 Å². The minimum atomic E-state index is -0.0248. The second-order valence-corrected chi connectivity index (χ2v) is 5.00. The van der Waals surface area contributed by atoms with Crippen molar-refractivity contribution in [1.29, 1.82) is 0 Å².